The molecule has 1 aromatic carbocycles. The van der Waals surface area contributed by atoms with Gasteiger partial charge in [0.05, 0.1) is 17.8 Å². The smallest absolute Gasteiger partial charge is 0.402 e. The van der Waals surface area contributed by atoms with Gasteiger partial charge in [0.15, 0.2) is 11.5 Å². The third-order valence-electron chi connectivity index (χ3n) is 7.43. The minimum atomic E-state index is -0.540. The van der Waals surface area contributed by atoms with E-state index in [1.54, 1.807) is 43.3 Å². The molecule has 10 heteroatoms. The van der Waals surface area contributed by atoms with Crippen molar-refractivity contribution in [1.29, 1.82) is 0 Å². The van der Waals surface area contributed by atoms with Crippen LogP contribution in [0.2, 0.25) is 0 Å². The molecule has 2 N–H and O–H groups in total. The Labute approximate surface area is 250 Å². The average molecular weight is 577 g/mol. The number of hydrogen-bond donors (Lipinski definition) is 1. The van der Waals surface area contributed by atoms with Gasteiger partial charge in [0.25, 0.3) is 5.69 Å². The van der Waals surface area contributed by atoms with Crippen molar-refractivity contribution in [3.8, 4) is 17.3 Å². The van der Waals surface area contributed by atoms with E-state index in [0.717, 1.165) is 38.5 Å². The number of carbonyl (C=O) groups is 2. The number of aromatic nitrogens is 3. The lowest BCUT2D eigenvalue weighted by atomic mass is 10.1. The molecule has 2 aromatic heterocycles. The summed E-state index contributed by atoms with van der Waals surface area (Å²) < 4.78 is 7.33. The number of fused-ring (bicyclic) bond motifs is 1. The molecule has 0 saturated heterocycles. The average Bonchev–Trinajstić information content (AvgIpc) is 3.52. The van der Waals surface area contributed by atoms with E-state index >= 15 is 0 Å². The maximum atomic E-state index is 13.6. The predicted molar refractivity (Wildman–Crippen MR) is 166 cm³/mol. The number of hydrogen-bond acceptors (Lipinski definition) is 4. The van der Waals surface area contributed by atoms with Gasteiger partial charge in [-0.05, 0) is 25.0 Å². The zero-order valence-corrected chi connectivity index (χ0v) is 25.7. The van der Waals surface area contributed by atoms with E-state index in [-0.39, 0.29) is 28.5 Å². The van der Waals surface area contributed by atoms with Crippen LogP contribution in [-0.4, -0.2) is 63.6 Å². The molecular formula is C32H46N7O3. The van der Waals surface area contributed by atoms with Crippen LogP contribution in [0.1, 0.15) is 101 Å². The lowest BCUT2D eigenvalue weighted by molar-refractivity contribution is 0.0830. The number of carbonyl (C=O) groups excluding carboxylic acids is 2. The molecule has 0 saturated carbocycles. The van der Waals surface area contributed by atoms with E-state index in [2.05, 4.69) is 28.8 Å². The summed E-state index contributed by atoms with van der Waals surface area (Å²) in [5.41, 5.74) is 9.24. The van der Waals surface area contributed by atoms with E-state index in [1.807, 2.05) is 0 Å². The van der Waals surface area contributed by atoms with Gasteiger partial charge in [-0.25, -0.2) is 19.1 Å². The number of aromatic amines is 1. The first-order chi connectivity index (χ1) is 20.3. The number of rotatable bonds is 17. The molecule has 2 heterocycles. The van der Waals surface area contributed by atoms with Crippen molar-refractivity contribution in [2.75, 3.05) is 27.2 Å². The fourth-order valence-corrected chi connectivity index (χ4v) is 5.01. The second-order valence-electron chi connectivity index (χ2n) is 11.0. The topological polar surface area (TPSA) is 111 Å². The zero-order chi connectivity index (χ0) is 30.5. The third-order valence-corrected chi connectivity index (χ3v) is 7.43. The minimum Gasteiger partial charge on any atom is -0.402 e. The van der Waals surface area contributed by atoms with Gasteiger partial charge in [0.2, 0.25) is 11.8 Å². The van der Waals surface area contributed by atoms with Crippen LogP contribution in [0, 0.1) is 6.57 Å². The highest BCUT2D eigenvalue weighted by Crippen LogP contribution is 2.39. The van der Waals surface area contributed by atoms with E-state index < -0.39 is 12.0 Å². The fraction of sp³-hybridized carbons (Fsp3) is 0.562. The van der Waals surface area contributed by atoms with Crippen LogP contribution >= 0.6 is 0 Å². The molecule has 0 aliphatic heterocycles. The van der Waals surface area contributed by atoms with Crippen molar-refractivity contribution < 1.29 is 14.3 Å². The highest BCUT2D eigenvalue weighted by atomic mass is 16.6. The standard InChI is InChI=1S/C32H46N7O3/c1-6-8-10-12-14-18-22-38(23-19-15-13-11-9-7-2)32(41)42-31-27(34-3)26(30(40)37(4)5)29-35-28(36-39(29)31)24-20-16-17-21-25(24)33/h16-17,20-21,33H,6-15,18-19,22-23H2,1-2,4-5H3,(H,35,36). The molecule has 0 spiro atoms. The van der Waals surface area contributed by atoms with Crippen molar-refractivity contribution in [3.05, 3.63) is 41.2 Å². The van der Waals surface area contributed by atoms with Crippen LogP contribution in [0.3, 0.4) is 0 Å². The Morgan fingerprint density at radius 2 is 1.52 bits per heavy atom. The lowest BCUT2D eigenvalue weighted by Crippen LogP contribution is -2.35. The van der Waals surface area contributed by atoms with E-state index in [9.17, 15) is 9.59 Å². The molecule has 3 rings (SSSR count). The van der Waals surface area contributed by atoms with Crippen LogP contribution in [0.25, 0.3) is 21.9 Å². The van der Waals surface area contributed by atoms with Gasteiger partial charge in [-0.1, -0.05) is 90.2 Å². The molecule has 0 bridgehead atoms. The maximum absolute atomic E-state index is 13.6. The normalized spacial score (nSPS) is 11.0. The van der Waals surface area contributed by atoms with Gasteiger partial charge >= 0.3 is 6.09 Å². The first-order valence-electron chi connectivity index (χ1n) is 15.3. The third kappa shape index (κ3) is 8.28. The summed E-state index contributed by atoms with van der Waals surface area (Å²) in [5.74, 6) is -0.144. The monoisotopic (exact) mass is 576 g/mol. The number of H-pyrrole nitrogens is 1. The molecule has 2 amide bonds. The van der Waals surface area contributed by atoms with Gasteiger partial charge in [-0.3, -0.25) is 9.89 Å². The molecule has 1 radical (unpaired) electrons. The van der Waals surface area contributed by atoms with Crippen molar-refractivity contribution in [2.45, 2.75) is 90.9 Å². The molecule has 0 fully saturated rings. The highest BCUT2D eigenvalue weighted by molar-refractivity contribution is 6.07. The summed E-state index contributed by atoms with van der Waals surface area (Å²) in [6.07, 6.45) is 12.8. The van der Waals surface area contributed by atoms with E-state index in [1.165, 1.54) is 47.9 Å². The summed E-state index contributed by atoms with van der Waals surface area (Å²) >= 11 is 0. The summed E-state index contributed by atoms with van der Waals surface area (Å²) in [7, 11) is 3.20. The number of nitrogens with zero attached hydrogens (tertiary/aromatic N) is 5. The molecule has 10 nitrogen and oxygen atoms in total. The Kier molecular flexibility index (Phi) is 12.7. The number of nitrogens with one attached hydrogen (secondary N) is 2. The summed E-state index contributed by atoms with van der Waals surface area (Å²) in [6, 6.07) is 6.95. The Morgan fingerprint density at radius 3 is 2.07 bits per heavy atom. The molecule has 0 atom stereocenters. The lowest BCUT2D eigenvalue weighted by Gasteiger charge is -2.22. The summed E-state index contributed by atoms with van der Waals surface area (Å²) in [6.45, 7) is 13.4. The number of unbranched alkanes of at least 4 members (excludes halogenated alkanes) is 10. The minimum absolute atomic E-state index is 0.0566. The quantitative estimate of drug-likeness (QED) is 0.130. The molecule has 42 heavy (non-hydrogen) atoms. The SMILES string of the molecule is [C-]#[N+]c1c(C(=O)N(C)C)c2nc(-c3ccccc3[NH])[nH]n2c1OC(=O)N(CCCCCCCC)CCCCCCCC. The van der Waals surface area contributed by atoms with Crippen LogP contribution in [0.4, 0.5) is 16.2 Å². The Bertz CT molecular complexity index is 1340. The van der Waals surface area contributed by atoms with Crippen molar-refractivity contribution >= 4 is 29.0 Å². The summed E-state index contributed by atoms with van der Waals surface area (Å²) in [5, 5.41) is 3.07. The number of benzene rings is 1. The van der Waals surface area contributed by atoms with Crippen LogP contribution < -0.4 is 10.5 Å². The first kappa shape index (κ1) is 32.5. The van der Waals surface area contributed by atoms with Gasteiger partial charge in [0, 0.05) is 32.7 Å². The molecule has 0 unspecified atom stereocenters. The van der Waals surface area contributed by atoms with Gasteiger partial charge < -0.3 is 20.3 Å². The molecule has 0 aliphatic carbocycles. The molecule has 227 valence electrons. The largest absolute Gasteiger partial charge is 0.415 e. The van der Waals surface area contributed by atoms with Gasteiger partial charge in [0.1, 0.15) is 0 Å². The van der Waals surface area contributed by atoms with E-state index in [0.29, 0.717) is 24.5 Å². The molecule has 0 aliphatic rings. The second-order valence-corrected chi connectivity index (χ2v) is 11.0. The Hall–Kier alpha value is -4.00. The van der Waals surface area contributed by atoms with Crippen molar-refractivity contribution in [2.24, 2.45) is 0 Å². The molecular weight excluding hydrogens is 530 g/mol. The Balaban J connectivity index is 1.91. The van der Waals surface area contributed by atoms with E-state index in [4.69, 9.17) is 17.0 Å². The van der Waals surface area contributed by atoms with Crippen molar-refractivity contribution in [1.82, 2.24) is 30.1 Å². The van der Waals surface area contributed by atoms with Gasteiger partial charge in [-0.15, -0.1) is 0 Å². The fourth-order valence-electron chi connectivity index (χ4n) is 5.01. The number of amides is 2. The van der Waals surface area contributed by atoms with Crippen LogP contribution in [0.5, 0.6) is 5.88 Å². The van der Waals surface area contributed by atoms with Crippen LogP contribution in [0.15, 0.2) is 24.3 Å². The molecule has 3 aromatic rings. The highest BCUT2D eigenvalue weighted by Gasteiger charge is 2.31. The zero-order valence-electron chi connectivity index (χ0n) is 25.7. The first-order valence-corrected chi connectivity index (χ1v) is 15.3. The van der Waals surface area contributed by atoms with Gasteiger partial charge in [-0.2, -0.15) is 0 Å². The van der Waals surface area contributed by atoms with Crippen molar-refractivity contribution in [3.63, 3.8) is 0 Å². The maximum Gasteiger partial charge on any atom is 0.415 e. The van der Waals surface area contributed by atoms with Crippen LogP contribution in [-0.2, 0) is 0 Å². The Morgan fingerprint density at radius 1 is 0.952 bits per heavy atom. The second kappa shape index (κ2) is 16.4. The number of ether oxygens (including phenoxy) is 1. The summed E-state index contributed by atoms with van der Waals surface area (Å²) in [4.78, 5) is 38.1. The predicted octanol–water partition coefficient (Wildman–Crippen LogP) is 8.02.